The Kier molecular flexibility index (Phi) is 3.97. The molecule has 1 N–H and O–H groups in total. The summed E-state index contributed by atoms with van der Waals surface area (Å²) in [5, 5.41) is 4.90. The third-order valence-electron chi connectivity index (χ3n) is 3.37. The standard InChI is InChI=1S/C14H16N2.ClH/c1-2-6-13-11(5-1)12(8-10-16-13)14-7-3-4-9-15-14;/h1-2,5-6,8,10,14-15H,3-4,7,9H2;1H/t14-;/m0./s1. The van der Waals surface area contributed by atoms with E-state index in [1.165, 1.54) is 30.2 Å². The fourth-order valence-corrected chi connectivity index (χ4v) is 2.54. The van der Waals surface area contributed by atoms with E-state index in [4.69, 9.17) is 0 Å². The Balaban J connectivity index is 0.00000108. The van der Waals surface area contributed by atoms with Crippen molar-refractivity contribution < 1.29 is 0 Å². The second kappa shape index (κ2) is 5.48. The average Bonchev–Trinajstić information content (AvgIpc) is 2.39. The van der Waals surface area contributed by atoms with E-state index in [1.54, 1.807) is 0 Å². The van der Waals surface area contributed by atoms with Gasteiger partial charge in [-0.1, -0.05) is 24.6 Å². The van der Waals surface area contributed by atoms with Crippen molar-refractivity contribution in [3.8, 4) is 0 Å². The number of aromatic nitrogens is 1. The van der Waals surface area contributed by atoms with Crippen molar-refractivity contribution in [2.45, 2.75) is 25.3 Å². The third kappa shape index (κ3) is 2.43. The lowest BCUT2D eigenvalue weighted by molar-refractivity contribution is 0.414. The number of hydrogen-bond donors (Lipinski definition) is 1. The zero-order valence-corrected chi connectivity index (χ0v) is 10.5. The Hall–Kier alpha value is -1.12. The first-order valence-electron chi connectivity index (χ1n) is 6.02. The monoisotopic (exact) mass is 248 g/mol. The maximum Gasteiger partial charge on any atom is 0.0705 e. The van der Waals surface area contributed by atoms with E-state index < -0.39 is 0 Å². The molecule has 1 aliphatic heterocycles. The normalized spacial score (nSPS) is 19.9. The van der Waals surface area contributed by atoms with Gasteiger partial charge in [-0.25, -0.2) is 0 Å². The molecule has 2 nitrogen and oxygen atoms in total. The topological polar surface area (TPSA) is 24.9 Å². The first-order chi connectivity index (χ1) is 7.95. The molecule has 2 heterocycles. The predicted octanol–water partition coefficient (Wildman–Crippen LogP) is 3.47. The summed E-state index contributed by atoms with van der Waals surface area (Å²) >= 11 is 0. The van der Waals surface area contributed by atoms with E-state index >= 15 is 0 Å². The SMILES string of the molecule is Cl.c1ccc2c([C@@H]3CCCCN3)ccnc2c1. The van der Waals surface area contributed by atoms with Gasteiger partial charge >= 0.3 is 0 Å². The number of hydrogen-bond acceptors (Lipinski definition) is 2. The lowest BCUT2D eigenvalue weighted by Gasteiger charge is -2.24. The zero-order valence-electron chi connectivity index (χ0n) is 9.73. The van der Waals surface area contributed by atoms with Crippen LogP contribution in [-0.4, -0.2) is 11.5 Å². The van der Waals surface area contributed by atoms with E-state index in [0.717, 1.165) is 12.1 Å². The molecular formula is C14H17ClN2. The molecule has 0 radical (unpaired) electrons. The number of rotatable bonds is 1. The Morgan fingerprint density at radius 1 is 1.12 bits per heavy atom. The maximum absolute atomic E-state index is 4.41. The van der Waals surface area contributed by atoms with Crippen LogP contribution >= 0.6 is 12.4 Å². The fourth-order valence-electron chi connectivity index (χ4n) is 2.54. The number of para-hydroxylation sites is 1. The smallest absolute Gasteiger partial charge is 0.0705 e. The van der Waals surface area contributed by atoms with E-state index in [9.17, 15) is 0 Å². The molecule has 1 fully saturated rings. The van der Waals surface area contributed by atoms with E-state index in [2.05, 4.69) is 34.6 Å². The molecule has 90 valence electrons. The molecule has 0 aliphatic carbocycles. The predicted molar refractivity (Wildman–Crippen MR) is 73.6 cm³/mol. The summed E-state index contributed by atoms with van der Waals surface area (Å²) in [7, 11) is 0. The van der Waals surface area contributed by atoms with Gasteiger partial charge in [0.15, 0.2) is 0 Å². The van der Waals surface area contributed by atoms with Crippen molar-refractivity contribution in [1.82, 2.24) is 10.3 Å². The van der Waals surface area contributed by atoms with Crippen LogP contribution in [0.4, 0.5) is 0 Å². The zero-order chi connectivity index (χ0) is 10.8. The fraction of sp³-hybridized carbons (Fsp3) is 0.357. The van der Waals surface area contributed by atoms with Gasteiger partial charge in [0.05, 0.1) is 5.52 Å². The van der Waals surface area contributed by atoms with Crippen LogP contribution in [0.2, 0.25) is 0 Å². The van der Waals surface area contributed by atoms with Crippen LogP contribution in [0.5, 0.6) is 0 Å². The lowest BCUT2D eigenvalue weighted by atomic mass is 9.95. The Labute approximate surface area is 108 Å². The quantitative estimate of drug-likeness (QED) is 0.836. The molecule has 0 amide bonds. The molecule has 1 aliphatic rings. The molecule has 3 heteroatoms. The highest BCUT2D eigenvalue weighted by Gasteiger charge is 2.16. The molecule has 17 heavy (non-hydrogen) atoms. The Morgan fingerprint density at radius 3 is 2.82 bits per heavy atom. The average molecular weight is 249 g/mol. The minimum absolute atomic E-state index is 0. The van der Waals surface area contributed by atoms with Gasteiger partial charge in [-0.05, 0) is 37.1 Å². The van der Waals surface area contributed by atoms with Crippen LogP contribution in [-0.2, 0) is 0 Å². The van der Waals surface area contributed by atoms with Crippen LogP contribution in [0.15, 0.2) is 36.5 Å². The summed E-state index contributed by atoms with van der Waals surface area (Å²) in [6.45, 7) is 1.14. The van der Waals surface area contributed by atoms with E-state index in [0.29, 0.717) is 6.04 Å². The number of halogens is 1. The number of pyridine rings is 1. The highest BCUT2D eigenvalue weighted by atomic mass is 35.5. The van der Waals surface area contributed by atoms with Crippen LogP contribution in [0.25, 0.3) is 10.9 Å². The maximum atomic E-state index is 4.41. The van der Waals surface area contributed by atoms with Crippen molar-refractivity contribution in [2.75, 3.05) is 6.54 Å². The van der Waals surface area contributed by atoms with Gasteiger partial charge in [-0.2, -0.15) is 0 Å². The van der Waals surface area contributed by atoms with Crippen LogP contribution in [0.3, 0.4) is 0 Å². The van der Waals surface area contributed by atoms with Crippen molar-refractivity contribution >= 4 is 23.3 Å². The van der Waals surface area contributed by atoms with Crippen molar-refractivity contribution in [3.63, 3.8) is 0 Å². The molecule has 3 rings (SSSR count). The summed E-state index contributed by atoms with van der Waals surface area (Å²) < 4.78 is 0. The first-order valence-corrected chi connectivity index (χ1v) is 6.02. The molecule has 0 saturated carbocycles. The summed E-state index contributed by atoms with van der Waals surface area (Å²) in [4.78, 5) is 4.41. The van der Waals surface area contributed by atoms with E-state index in [-0.39, 0.29) is 12.4 Å². The van der Waals surface area contributed by atoms with Gasteiger partial charge in [-0.15, -0.1) is 12.4 Å². The highest BCUT2D eigenvalue weighted by molar-refractivity contribution is 5.85. The van der Waals surface area contributed by atoms with Crippen molar-refractivity contribution in [2.24, 2.45) is 0 Å². The summed E-state index contributed by atoms with van der Waals surface area (Å²) in [5.41, 5.74) is 2.51. The number of piperidine rings is 1. The number of benzene rings is 1. The van der Waals surface area contributed by atoms with Gasteiger partial charge in [0.25, 0.3) is 0 Å². The second-order valence-corrected chi connectivity index (χ2v) is 4.42. The van der Waals surface area contributed by atoms with Crippen LogP contribution in [0.1, 0.15) is 30.9 Å². The van der Waals surface area contributed by atoms with Crippen molar-refractivity contribution in [3.05, 3.63) is 42.1 Å². The Morgan fingerprint density at radius 2 is 2.00 bits per heavy atom. The largest absolute Gasteiger partial charge is 0.310 e. The van der Waals surface area contributed by atoms with Gasteiger partial charge in [0.1, 0.15) is 0 Å². The molecule has 1 aromatic carbocycles. The molecule has 0 bridgehead atoms. The molecular weight excluding hydrogens is 232 g/mol. The molecule has 2 aromatic rings. The molecule has 1 atom stereocenters. The first kappa shape index (κ1) is 12.3. The minimum Gasteiger partial charge on any atom is -0.310 e. The number of fused-ring (bicyclic) bond motifs is 1. The van der Waals surface area contributed by atoms with Gasteiger partial charge in [-0.3, -0.25) is 4.98 Å². The molecule has 1 saturated heterocycles. The van der Waals surface area contributed by atoms with E-state index in [1.807, 2.05) is 12.3 Å². The van der Waals surface area contributed by atoms with Gasteiger partial charge in [0, 0.05) is 17.6 Å². The summed E-state index contributed by atoms with van der Waals surface area (Å²) in [6, 6.07) is 11.1. The Bertz CT molecular complexity index is 487. The molecule has 0 unspecified atom stereocenters. The van der Waals surface area contributed by atoms with Crippen molar-refractivity contribution in [1.29, 1.82) is 0 Å². The molecule has 1 aromatic heterocycles. The minimum atomic E-state index is 0. The van der Waals surface area contributed by atoms with Crippen LogP contribution < -0.4 is 5.32 Å². The van der Waals surface area contributed by atoms with Gasteiger partial charge < -0.3 is 5.32 Å². The summed E-state index contributed by atoms with van der Waals surface area (Å²) in [6.07, 6.45) is 5.80. The third-order valence-corrected chi connectivity index (χ3v) is 3.37. The highest BCUT2D eigenvalue weighted by Crippen LogP contribution is 2.28. The lowest BCUT2D eigenvalue weighted by Crippen LogP contribution is -2.26. The van der Waals surface area contributed by atoms with Crippen LogP contribution in [0, 0.1) is 0 Å². The van der Waals surface area contributed by atoms with Gasteiger partial charge in [0.2, 0.25) is 0 Å². The number of nitrogens with zero attached hydrogens (tertiary/aromatic N) is 1. The second-order valence-electron chi connectivity index (χ2n) is 4.42. The molecule has 0 spiro atoms. The number of nitrogens with one attached hydrogen (secondary N) is 1. The summed E-state index contributed by atoms with van der Waals surface area (Å²) in [5.74, 6) is 0.